The van der Waals surface area contributed by atoms with Crippen LogP contribution in [0.4, 0.5) is 0 Å². The molecule has 0 amide bonds. The summed E-state index contributed by atoms with van der Waals surface area (Å²) in [6, 6.07) is 18.5. The number of carbonyl (C=O) groups is 2. The van der Waals surface area contributed by atoms with Gasteiger partial charge in [0.2, 0.25) is 0 Å². The molecule has 14 heteroatoms. The topological polar surface area (TPSA) is 154 Å². The molecule has 272 valence electrons. The molecule has 0 spiro atoms. The summed E-state index contributed by atoms with van der Waals surface area (Å²) in [5.74, 6) is -0.926. The van der Waals surface area contributed by atoms with Crippen LogP contribution < -0.4 is 0 Å². The summed E-state index contributed by atoms with van der Waals surface area (Å²) < 4.78 is 12.3. The Hall–Kier alpha value is -5.34. The van der Waals surface area contributed by atoms with E-state index in [1.807, 2.05) is 60.7 Å². The summed E-state index contributed by atoms with van der Waals surface area (Å²) in [6.45, 7) is 3.92. The zero-order valence-electron chi connectivity index (χ0n) is 29.0. The van der Waals surface area contributed by atoms with Crippen LogP contribution >= 0.6 is 31.9 Å². The van der Waals surface area contributed by atoms with Gasteiger partial charge in [-0.15, -0.1) is 30.0 Å². The molecule has 6 rings (SSSR count). The van der Waals surface area contributed by atoms with Crippen molar-refractivity contribution in [2.75, 3.05) is 13.2 Å². The van der Waals surface area contributed by atoms with E-state index in [1.165, 1.54) is 21.7 Å². The molecule has 2 aromatic heterocycles. The highest BCUT2D eigenvalue weighted by atomic mass is 79.9. The lowest BCUT2D eigenvalue weighted by molar-refractivity contribution is -0.138. The molecule has 0 saturated heterocycles. The number of allylic oxidation sites excluding steroid dienone is 2. The van der Waals surface area contributed by atoms with Crippen molar-refractivity contribution in [3.8, 4) is 22.9 Å². The Labute approximate surface area is 322 Å². The molecule has 0 aliphatic rings. The first-order valence-corrected chi connectivity index (χ1v) is 18.5. The lowest BCUT2D eigenvalue weighted by atomic mass is 9.95. The number of carbonyl (C=O) groups excluding carboxylic acids is 2. The number of aromatic hydroxyl groups is 2. The van der Waals surface area contributed by atoms with E-state index in [0.29, 0.717) is 70.3 Å². The van der Waals surface area contributed by atoms with Crippen molar-refractivity contribution in [2.45, 2.75) is 46.0 Å². The molecular weight excluding hydrogens is 808 g/mol. The van der Waals surface area contributed by atoms with Crippen LogP contribution in [0.2, 0.25) is 0 Å². The maximum Gasteiger partial charge on any atom is 0.330 e. The van der Waals surface area contributed by atoms with Crippen LogP contribution in [0.15, 0.2) is 93.9 Å². The first-order valence-electron chi connectivity index (χ1n) is 17.0. The van der Waals surface area contributed by atoms with Gasteiger partial charge in [-0.2, -0.15) is 0 Å². The molecule has 2 N–H and O–H groups in total. The van der Waals surface area contributed by atoms with E-state index in [2.05, 4.69) is 52.3 Å². The fraction of sp³-hybridized carbons (Fsp3) is 0.231. The Morgan fingerprint density at radius 1 is 0.642 bits per heavy atom. The number of hydrogen-bond acceptors (Lipinski definition) is 10. The minimum Gasteiger partial charge on any atom is -0.505 e. The monoisotopic (exact) mass is 842 g/mol. The second kappa shape index (κ2) is 17.0. The van der Waals surface area contributed by atoms with Gasteiger partial charge in [0.1, 0.15) is 44.9 Å². The van der Waals surface area contributed by atoms with E-state index >= 15 is 0 Å². The molecule has 12 nitrogen and oxygen atoms in total. The standard InChI is InChI=1S/C39H36Br2N6O6/c1-3-7-36(48)52-15-5-9-24-17-26(38(50)34(19-24)46-42-30-13-11-28(40)22-32(30)44-46)21-27-18-25(10-6-16-53-37(49)8-4-2)20-35(39(27)51)47-43-31-14-12-29(41)23-33(31)45-47/h3-4,7-8,11-14,17-20,22-23,50-51H,5-6,9-10,15-16,21H2,1-2H3. The lowest BCUT2D eigenvalue weighted by Gasteiger charge is -2.16. The second-order valence-electron chi connectivity index (χ2n) is 12.2. The number of rotatable bonds is 14. The lowest BCUT2D eigenvalue weighted by Crippen LogP contribution is -2.07. The van der Waals surface area contributed by atoms with Crippen LogP contribution in [0.25, 0.3) is 33.4 Å². The molecule has 0 unspecified atom stereocenters. The van der Waals surface area contributed by atoms with Crippen molar-refractivity contribution >= 4 is 65.9 Å². The summed E-state index contributed by atoms with van der Waals surface area (Å²) in [5.41, 5.74) is 6.03. The number of fused-ring (bicyclic) bond motifs is 2. The highest BCUT2D eigenvalue weighted by molar-refractivity contribution is 9.10. The Morgan fingerprint density at radius 2 is 1.06 bits per heavy atom. The molecule has 0 aliphatic heterocycles. The number of phenols is 2. The predicted octanol–water partition coefficient (Wildman–Crippen LogP) is 7.79. The summed E-state index contributed by atoms with van der Waals surface area (Å²) >= 11 is 6.96. The number of halogens is 2. The maximum atomic E-state index is 11.9. The largest absolute Gasteiger partial charge is 0.505 e. The number of aryl methyl sites for hydroxylation is 2. The van der Waals surface area contributed by atoms with E-state index in [4.69, 9.17) is 9.47 Å². The number of hydrogen-bond donors (Lipinski definition) is 2. The third-order valence-electron chi connectivity index (χ3n) is 8.27. The summed E-state index contributed by atoms with van der Waals surface area (Å²) in [4.78, 5) is 26.6. The van der Waals surface area contributed by atoms with Gasteiger partial charge in [-0.05, 0) is 99.2 Å². The SMILES string of the molecule is CC=CC(=O)OCCCc1cc(Cc2cc(CCCOC(=O)C=CC)cc(-n3nc4ccc(Br)cc4n3)c2O)c(O)c(-n2nc3ccc(Br)cc3n2)c1. The van der Waals surface area contributed by atoms with E-state index in [-0.39, 0.29) is 31.1 Å². The fourth-order valence-corrected chi connectivity index (χ4v) is 6.51. The van der Waals surface area contributed by atoms with E-state index < -0.39 is 11.9 Å². The molecule has 53 heavy (non-hydrogen) atoms. The quantitative estimate of drug-likeness (QED) is 0.0631. The highest BCUT2D eigenvalue weighted by Gasteiger charge is 2.20. The predicted molar refractivity (Wildman–Crippen MR) is 207 cm³/mol. The van der Waals surface area contributed by atoms with Gasteiger partial charge in [0.25, 0.3) is 0 Å². The smallest absolute Gasteiger partial charge is 0.330 e. The number of ether oxygens (including phenoxy) is 2. The first-order chi connectivity index (χ1) is 25.6. The maximum absolute atomic E-state index is 11.9. The molecule has 0 aliphatic carbocycles. The minimum atomic E-state index is -0.410. The number of aromatic nitrogens is 6. The third kappa shape index (κ3) is 9.18. The minimum absolute atomic E-state index is 0.0531. The van der Waals surface area contributed by atoms with Crippen LogP contribution in [0.1, 0.15) is 48.9 Å². The summed E-state index contributed by atoms with van der Waals surface area (Å²) in [7, 11) is 0. The van der Waals surface area contributed by atoms with Crippen LogP contribution in [-0.4, -0.2) is 65.4 Å². The van der Waals surface area contributed by atoms with Crippen LogP contribution in [0.5, 0.6) is 11.5 Å². The number of phenolic OH excluding ortho intramolecular Hbond substituents is 2. The highest BCUT2D eigenvalue weighted by Crippen LogP contribution is 2.36. The Kier molecular flexibility index (Phi) is 12.0. The van der Waals surface area contributed by atoms with Gasteiger partial charge in [-0.3, -0.25) is 0 Å². The van der Waals surface area contributed by atoms with Crippen LogP contribution in [0, 0.1) is 0 Å². The molecule has 2 heterocycles. The number of benzene rings is 4. The van der Waals surface area contributed by atoms with Gasteiger partial charge in [-0.1, -0.05) is 56.1 Å². The van der Waals surface area contributed by atoms with Gasteiger partial charge < -0.3 is 19.7 Å². The normalized spacial score (nSPS) is 11.7. The summed E-state index contributed by atoms with van der Waals surface area (Å²) in [6.07, 6.45) is 8.24. The summed E-state index contributed by atoms with van der Waals surface area (Å²) in [5, 5.41) is 42.1. The molecule has 0 fully saturated rings. The fourth-order valence-electron chi connectivity index (χ4n) is 5.81. The van der Waals surface area contributed by atoms with E-state index in [9.17, 15) is 19.8 Å². The van der Waals surface area contributed by atoms with Gasteiger partial charge >= 0.3 is 11.9 Å². The van der Waals surface area contributed by atoms with Gasteiger partial charge in [0.15, 0.2) is 0 Å². The molecule has 6 aromatic rings. The van der Waals surface area contributed by atoms with Crippen molar-refractivity contribution in [2.24, 2.45) is 0 Å². The molecule has 4 aromatic carbocycles. The zero-order chi connectivity index (χ0) is 37.5. The Morgan fingerprint density at radius 3 is 1.47 bits per heavy atom. The average molecular weight is 845 g/mol. The van der Waals surface area contributed by atoms with Crippen molar-refractivity contribution in [1.29, 1.82) is 0 Å². The molecule has 0 atom stereocenters. The van der Waals surface area contributed by atoms with E-state index in [1.54, 1.807) is 26.0 Å². The van der Waals surface area contributed by atoms with Crippen molar-refractivity contribution in [3.63, 3.8) is 0 Å². The van der Waals surface area contributed by atoms with Crippen LogP contribution in [0.3, 0.4) is 0 Å². The van der Waals surface area contributed by atoms with Crippen molar-refractivity contribution < 1.29 is 29.3 Å². The zero-order valence-corrected chi connectivity index (χ0v) is 32.2. The Bertz CT molecular complexity index is 2200. The molecule has 0 radical (unpaired) electrons. The number of nitrogens with zero attached hydrogens (tertiary/aromatic N) is 6. The Balaban J connectivity index is 1.38. The van der Waals surface area contributed by atoms with Gasteiger partial charge in [-0.25, -0.2) is 9.59 Å². The molecule has 0 bridgehead atoms. The second-order valence-corrected chi connectivity index (χ2v) is 14.0. The van der Waals surface area contributed by atoms with Crippen LogP contribution in [-0.2, 0) is 38.3 Å². The average Bonchev–Trinajstić information content (AvgIpc) is 3.75. The van der Waals surface area contributed by atoms with Crippen molar-refractivity contribution in [1.82, 2.24) is 30.0 Å². The number of esters is 2. The molecule has 0 saturated carbocycles. The molecular formula is C39H36Br2N6O6. The van der Waals surface area contributed by atoms with E-state index in [0.717, 1.165) is 20.1 Å². The first kappa shape index (κ1) is 37.4. The van der Waals surface area contributed by atoms with Gasteiger partial charge in [0.05, 0.1) is 13.2 Å². The van der Waals surface area contributed by atoms with Crippen molar-refractivity contribution in [3.05, 3.63) is 116 Å². The van der Waals surface area contributed by atoms with Gasteiger partial charge in [0, 0.05) is 38.6 Å². The third-order valence-corrected chi connectivity index (χ3v) is 9.25.